The lowest BCUT2D eigenvalue weighted by Gasteiger charge is -2.08. The SMILES string of the molecule is O=C(NC(=S)Nc1ccc2[nH]c(=O)[nH]c2c1)c1ccc(-c2cccc(Cl)c2Cl)o1. The van der Waals surface area contributed by atoms with E-state index in [-0.39, 0.29) is 16.6 Å². The summed E-state index contributed by atoms with van der Waals surface area (Å²) in [6.07, 6.45) is 0. The number of rotatable bonds is 3. The fraction of sp³-hybridized carbons (Fsp3) is 0. The first-order chi connectivity index (χ1) is 13.9. The largest absolute Gasteiger partial charge is 0.451 e. The number of furan rings is 1. The van der Waals surface area contributed by atoms with Crippen LogP contribution in [0.15, 0.2) is 57.7 Å². The molecule has 146 valence electrons. The Morgan fingerprint density at radius 1 is 1.03 bits per heavy atom. The topological polar surface area (TPSA) is 103 Å². The summed E-state index contributed by atoms with van der Waals surface area (Å²) in [5.74, 6) is -0.0583. The summed E-state index contributed by atoms with van der Waals surface area (Å²) in [6.45, 7) is 0. The Morgan fingerprint density at radius 3 is 2.66 bits per heavy atom. The van der Waals surface area contributed by atoms with Crippen LogP contribution in [0.4, 0.5) is 5.69 Å². The van der Waals surface area contributed by atoms with Gasteiger partial charge >= 0.3 is 5.69 Å². The number of aromatic amines is 2. The van der Waals surface area contributed by atoms with Crippen molar-refractivity contribution in [2.24, 2.45) is 0 Å². The van der Waals surface area contributed by atoms with Crippen LogP contribution in [0.3, 0.4) is 0 Å². The lowest BCUT2D eigenvalue weighted by atomic mass is 10.2. The Hall–Kier alpha value is -3.07. The van der Waals surface area contributed by atoms with E-state index in [9.17, 15) is 9.59 Å². The van der Waals surface area contributed by atoms with E-state index < -0.39 is 5.91 Å². The van der Waals surface area contributed by atoms with Crippen molar-refractivity contribution in [3.63, 3.8) is 0 Å². The maximum Gasteiger partial charge on any atom is 0.323 e. The van der Waals surface area contributed by atoms with Gasteiger partial charge in [-0.1, -0.05) is 29.3 Å². The van der Waals surface area contributed by atoms with Gasteiger partial charge < -0.3 is 19.7 Å². The molecular formula is C19H12Cl2N4O3S. The number of aromatic nitrogens is 2. The average Bonchev–Trinajstić information content (AvgIpc) is 3.29. The summed E-state index contributed by atoms with van der Waals surface area (Å²) in [7, 11) is 0. The minimum absolute atomic E-state index is 0.0607. The molecule has 0 aliphatic carbocycles. The van der Waals surface area contributed by atoms with Crippen molar-refractivity contribution < 1.29 is 9.21 Å². The molecule has 2 aromatic carbocycles. The number of carbonyl (C=O) groups excluding carboxylic acids is 1. The number of carbonyl (C=O) groups is 1. The molecule has 29 heavy (non-hydrogen) atoms. The van der Waals surface area contributed by atoms with Crippen LogP contribution in [0.25, 0.3) is 22.4 Å². The standard InChI is InChI=1S/C19H12Cl2N4O3S/c20-11-3-1-2-10(16(11)21)14-6-7-15(28-14)17(26)25-19(29)22-9-4-5-12-13(8-9)24-18(27)23-12/h1-8H,(H2,23,24,27)(H2,22,25,26,29). The smallest absolute Gasteiger partial charge is 0.323 e. The van der Waals surface area contributed by atoms with E-state index in [1.54, 1.807) is 42.5 Å². The van der Waals surface area contributed by atoms with Gasteiger partial charge in [0.1, 0.15) is 5.76 Å². The lowest BCUT2D eigenvalue weighted by molar-refractivity contribution is 0.0951. The van der Waals surface area contributed by atoms with Crippen LogP contribution >= 0.6 is 35.4 Å². The van der Waals surface area contributed by atoms with Gasteiger partial charge in [-0.3, -0.25) is 10.1 Å². The van der Waals surface area contributed by atoms with Crippen LogP contribution in [-0.2, 0) is 0 Å². The van der Waals surface area contributed by atoms with Crippen molar-refractivity contribution in [2.75, 3.05) is 5.32 Å². The van der Waals surface area contributed by atoms with Crippen LogP contribution in [0.2, 0.25) is 10.0 Å². The summed E-state index contributed by atoms with van der Waals surface area (Å²) in [6, 6.07) is 13.4. The zero-order valence-corrected chi connectivity index (χ0v) is 16.8. The number of fused-ring (bicyclic) bond motifs is 1. The van der Waals surface area contributed by atoms with Crippen LogP contribution in [0, 0.1) is 0 Å². The van der Waals surface area contributed by atoms with Crippen LogP contribution in [0.5, 0.6) is 0 Å². The third-order valence-corrected chi connectivity index (χ3v) is 5.07. The Bertz CT molecular complexity index is 1310. The van der Waals surface area contributed by atoms with E-state index >= 15 is 0 Å². The van der Waals surface area contributed by atoms with Crippen molar-refractivity contribution in [1.29, 1.82) is 0 Å². The molecule has 2 heterocycles. The van der Waals surface area contributed by atoms with Gasteiger partial charge in [0.05, 0.1) is 21.1 Å². The second-order valence-corrected chi connectivity index (χ2v) is 7.21. The quantitative estimate of drug-likeness (QED) is 0.345. The van der Waals surface area contributed by atoms with E-state index in [0.29, 0.717) is 38.1 Å². The van der Waals surface area contributed by atoms with Crippen molar-refractivity contribution in [3.05, 3.63) is 74.8 Å². The number of anilines is 1. The number of amides is 1. The fourth-order valence-corrected chi connectivity index (χ4v) is 3.34. The first-order valence-corrected chi connectivity index (χ1v) is 9.46. The highest BCUT2D eigenvalue weighted by molar-refractivity contribution is 7.80. The van der Waals surface area contributed by atoms with Gasteiger partial charge in [-0.2, -0.15) is 0 Å². The monoisotopic (exact) mass is 446 g/mol. The molecular weight excluding hydrogens is 435 g/mol. The number of hydrogen-bond acceptors (Lipinski definition) is 4. The maximum atomic E-state index is 12.4. The number of hydrogen-bond donors (Lipinski definition) is 4. The second kappa shape index (κ2) is 7.75. The Kier molecular flexibility index (Phi) is 5.14. The van der Waals surface area contributed by atoms with Gasteiger partial charge in [-0.25, -0.2) is 4.79 Å². The van der Waals surface area contributed by atoms with Crippen molar-refractivity contribution in [3.8, 4) is 11.3 Å². The minimum atomic E-state index is -0.525. The molecule has 10 heteroatoms. The third-order valence-electron chi connectivity index (χ3n) is 4.05. The summed E-state index contributed by atoms with van der Waals surface area (Å²) in [5, 5.41) is 6.22. The molecule has 1 amide bonds. The van der Waals surface area contributed by atoms with Gasteiger partial charge in [0.25, 0.3) is 5.91 Å². The third kappa shape index (κ3) is 4.04. The van der Waals surface area contributed by atoms with Crippen LogP contribution in [0.1, 0.15) is 10.6 Å². The van der Waals surface area contributed by atoms with E-state index in [4.69, 9.17) is 39.8 Å². The Morgan fingerprint density at radius 2 is 1.83 bits per heavy atom. The highest BCUT2D eigenvalue weighted by atomic mass is 35.5. The fourth-order valence-electron chi connectivity index (χ4n) is 2.74. The zero-order chi connectivity index (χ0) is 20.5. The molecule has 2 aromatic heterocycles. The molecule has 7 nitrogen and oxygen atoms in total. The van der Waals surface area contributed by atoms with Gasteiger partial charge in [0, 0.05) is 11.3 Å². The molecule has 0 atom stereocenters. The Labute approximate surface area is 179 Å². The van der Waals surface area contributed by atoms with Crippen LogP contribution < -0.4 is 16.3 Å². The predicted molar refractivity (Wildman–Crippen MR) is 117 cm³/mol. The van der Waals surface area contributed by atoms with E-state index in [1.807, 2.05) is 0 Å². The van der Waals surface area contributed by atoms with Crippen molar-refractivity contribution in [2.45, 2.75) is 0 Å². The number of benzene rings is 2. The maximum absolute atomic E-state index is 12.4. The predicted octanol–water partition coefficient (Wildman–Crippen LogP) is 4.55. The summed E-state index contributed by atoms with van der Waals surface area (Å²) in [4.78, 5) is 29.0. The molecule has 4 aromatic rings. The first-order valence-electron chi connectivity index (χ1n) is 8.29. The average molecular weight is 447 g/mol. The van der Waals surface area contributed by atoms with E-state index in [2.05, 4.69) is 20.6 Å². The van der Waals surface area contributed by atoms with Crippen molar-refractivity contribution >= 4 is 63.2 Å². The molecule has 0 saturated carbocycles. The Balaban J connectivity index is 1.46. The van der Waals surface area contributed by atoms with Gasteiger partial charge in [0.15, 0.2) is 10.9 Å². The number of thiocarbonyl (C=S) groups is 1. The molecule has 0 fully saturated rings. The number of nitrogens with one attached hydrogen (secondary N) is 4. The zero-order valence-electron chi connectivity index (χ0n) is 14.5. The highest BCUT2D eigenvalue weighted by Gasteiger charge is 2.16. The molecule has 0 bridgehead atoms. The molecule has 4 rings (SSSR count). The molecule has 0 saturated heterocycles. The minimum Gasteiger partial charge on any atom is -0.451 e. The molecule has 0 aliphatic rings. The van der Waals surface area contributed by atoms with Gasteiger partial charge in [-0.15, -0.1) is 0 Å². The first kappa shape index (κ1) is 19.3. The number of halogens is 2. The van der Waals surface area contributed by atoms with E-state index in [0.717, 1.165) is 0 Å². The van der Waals surface area contributed by atoms with Gasteiger partial charge in [0.2, 0.25) is 0 Å². The highest BCUT2D eigenvalue weighted by Crippen LogP contribution is 2.34. The molecule has 0 spiro atoms. The van der Waals surface area contributed by atoms with Crippen LogP contribution in [-0.4, -0.2) is 21.0 Å². The molecule has 4 N–H and O–H groups in total. The van der Waals surface area contributed by atoms with Gasteiger partial charge in [-0.05, 0) is 54.7 Å². The summed E-state index contributed by atoms with van der Waals surface area (Å²) in [5.41, 5.74) is 2.15. The molecule has 0 aliphatic heterocycles. The van der Waals surface area contributed by atoms with Crippen molar-refractivity contribution in [1.82, 2.24) is 15.3 Å². The normalized spacial score (nSPS) is 10.8. The second-order valence-electron chi connectivity index (χ2n) is 6.01. The number of H-pyrrole nitrogens is 2. The number of imidazole rings is 1. The van der Waals surface area contributed by atoms with E-state index in [1.165, 1.54) is 6.07 Å². The summed E-state index contributed by atoms with van der Waals surface area (Å²) >= 11 is 17.4. The molecule has 0 unspecified atom stereocenters. The summed E-state index contributed by atoms with van der Waals surface area (Å²) < 4.78 is 5.59. The lowest BCUT2D eigenvalue weighted by Crippen LogP contribution is -2.33. The molecule has 0 radical (unpaired) electrons.